The maximum absolute atomic E-state index is 12.7. The minimum Gasteiger partial charge on any atom is -0.493 e. The smallest absolute Gasteiger partial charge is 0.255 e. The van der Waals surface area contributed by atoms with Crippen LogP contribution >= 0.6 is 11.6 Å². The van der Waals surface area contributed by atoms with Crippen LogP contribution in [-0.4, -0.2) is 12.5 Å². The Balaban J connectivity index is 1.47. The van der Waals surface area contributed by atoms with Crippen LogP contribution < -0.4 is 14.8 Å². The van der Waals surface area contributed by atoms with E-state index in [1.54, 1.807) is 42.5 Å². The van der Waals surface area contributed by atoms with Gasteiger partial charge in [0.25, 0.3) is 5.91 Å². The lowest BCUT2D eigenvalue weighted by atomic mass is 10.1. The van der Waals surface area contributed by atoms with E-state index in [1.165, 1.54) is 0 Å². The molecule has 0 saturated carbocycles. The van der Waals surface area contributed by atoms with Gasteiger partial charge in [0, 0.05) is 21.8 Å². The molecule has 0 aliphatic carbocycles. The summed E-state index contributed by atoms with van der Waals surface area (Å²) in [5.74, 6) is 1.23. The Kier molecular flexibility index (Phi) is 7.28. The molecule has 4 rings (SSSR count). The number of carbonyl (C=O) groups excluding carboxylic acids is 1. The van der Waals surface area contributed by atoms with Crippen molar-refractivity contribution in [3.63, 3.8) is 0 Å². The van der Waals surface area contributed by atoms with E-state index in [4.69, 9.17) is 21.1 Å². The van der Waals surface area contributed by atoms with E-state index in [1.807, 2.05) is 49.4 Å². The van der Waals surface area contributed by atoms with E-state index in [0.717, 1.165) is 22.4 Å². The van der Waals surface area contributed by atoms with Crippen LogP contribution in [0.2, 0.25) is 5.02 Å². The van der Waals surface area contributed by atoms with E-state index in [-0.39, 0.29) is 12.5 Å². The van der Waals surface area contributed by atoms with Crippen molar-refractivity contribution >= 4 is 23.2 Å². The minimum atomic E-state index is -0.214. The fourth-order valence-corrected chi connectivity index (χ4v) is 3.53. The maximum atomic E-state index is 12.7. The molecule has 0 aliphatic heterocycles. The lowest BCUT2D eigenvalue weighted by molar-refractivity contribution is 0.102. The molecular weight excluding hydrogens is 434 g/mol. The van der Waals surface area contributed by atoms with E-state index in [0.29, 0.717) is 28.6 Å². The molecule has 166 valence electrons. The summed E-state index contributed by atoms with van der Waals surface area (Å²) in [4.78, 5) is 12.7. The SMILES string of the molecule is CCOc1ccc(C(=O)Nc2ccc(Cl)cc2)cc1COc1ccc(-c2ccccc2)cc1. The summed E-state index contributed by atoms with van der Waals surface area (Å²) in [6.07, 6.45) is 0. The third kappa shape index (κ3) is 5.93. The Labute approximate surface area is 198 Å². The summed E-state index contributed by atoms with van der Waals surface area (Å²) >= 11 is 5.92. The van der Waals surface area contributed by atoms with Gasteiger partial charge in [-0.1, -0.05) is 54.1 Å². The zero-order valence-electron chi connectivity index (χ0n) is 18.3. The Morgan fingerprint density at radius 1 is 0.818 bits per heavy atom. The second-order valence-electron chi connectivity index (χ2n) is 7.40. The lowest BCUT2D eigenvalue weighted by Gasteiger charge is -2.14. The number of benzene rings is 4. The van der Waals surface area contributed by atoms with Crippen molar-refractivity contribution in [2.24, 2.45) is 0 Å². The molecular formula is C28H24ClNO3. The van der Waals surface area contributed by atoms with E-state index in [9.17, 15) is 4.79 Å². The van der Waals surface area contributed by atoms with Crippen LogP contribution in [0.15, 0.2) is 97.1 Å². The van der Waals surface area contributed by atoms with Gasteiger partial charge < -0.3 is 14.8 Å². The van der Waals surface area contributed by atoms with E-state index >= 15 is 0 Å². The fraction of sp³-hybridized carbons (Fsp3) is 0.107. The van der Waals surface area contributed by atoms with Crippen molar-refractivity contribution in [1.82, 2.24) is 0 Å². The predicted octanol–water partition coefficient (Wildman–Crippen LogP) is 7.24. The molecule has 0 bridgehead atoms. The molecule has 0 spiro atoms. The van der Waals surface area contributed by atoms with Gasteiger partial charge in [-0.2, -0.15) is 0 Å². The number of nitrogens with one attached hydrogen (secondary N) is 1. The summed E-state index contributed by atoms with van der Waals surface area (Å²) in [7, 11) is 0. The third-order valence-electron chi connectivity index (χ3n) is 5.08. The Morgan fingerprint density at radius 2 is 1.52 bits per heavy atom. The molecule has 4 aromatic carbocycles. The highest BCUT2D eigenvalue weighted by molar-refractivity contribution is 6.30. The number of hydrogen-bond acceptors (Lipinski definition) is 3. The second kappa shape index (κ2) is 10.7. The monoisotopic (exact) mass is 457 g/mol. The number of ether oxygens (including phenoxy) is 2. The molecule has 1 N–H and O–H groups in total. The molecule has 1 amide bonds. The lowest BCUT2D eigenvalue weighted by Crippen LogP contribution is -2.13. The number of halogens is 1. The molecule has 5 heteroatoms. The summed E-state index contributed by atoms with van der Waals surface area (Å²) in [6.45, 7) is 2.73. The van der Waals surface area contributed by atoms with E-state index in [2.05, 4.69) is 17.4 Å². The molecule has 4 aromatic rings. The second-order valence-corrected chi connectivity index (χ2v) is 7.83. The van der Waals surface area contributed by atoms with Crippen LogP contribution in [-0.2, 0) is 6.61 Å². The summed E-state index contributed by atoms with van der Waals surface area (Å²) in [5.41, 5.74) is 4.27. The fourth-order valence-electron chi connectivity index (χ4n) is 3.40. The summed E-state index contributed by atoms with van der Waals surface area (Å²) < 4.78 is 11.8. The molecule has 33 heavy (non-hydrogen) atoms. The first-order chi connectivity index (χ1) is 16.1. The van der Waals surface area contributed by atoms with Gasteiger partial charge in [-0.3, -0.25) is 4.79 Å². The van der Waals surface area contributed by atoms with Crippen molar-refractivity contribution in [2.45, 2.75) is 13.5 Å². The normalized spacial score (nSPS) is 10.5. The molecule has 0 atom stereocenters. The zero-order chi connectivity index (χ0) is 23.0. The van der Waals surface area contributed by atoms with Crippen LogP contribution in [0.25, 0.3) is 11.1 Å². The van der Waals surface area contributed by atoms with Crippen molar-refractivity contribution < 1.29 is 14.3 Å². The van der Waals surface area contributed by atoms with Crippen molar-refractivity contribution in [1.29, 1.82) is 0 Å². The van der Waals surface area contributed by atoms with Gasteiger partial charge in [0.1, 0.15) is 18.1 Å². The highest BCUT2D eigenvalue weighted by Crippen LogP contribution is 2.26. The van der Waals surface area contributed by atoms with Gasteiger partial charge in [-0.15, -0.1) is 0 Å². The Bertz CT molecular complexity index is 1210. The van der Waals surface area contributed by atoms with Gasteiger partial charge in [0.05, 0.1) is 6.61 Å². The Hall–Kier alpha value is -3.76. The topological polar surface area (TPSA) is 47.6 Å². The minimum absolute atomic E-state index is 0.214. The highest BCUT2D eigenvalue weighted by Gasteiger charge is 2.12. The first-order valence-electron chi connectivity index (χ1n) is 10.7. The molecule has 0 fully saturated rings. The first-order valence-corrected chi connectivity index (χ1v) is 11.1. The molecule has 4 nitrogen and oxygen atoms in total. The highest BCUT2D eigenvalue weighted by atomic mass is 35.5. The Morgan fingerprint density at radius 3 is 2.21 bits per heavy atom. The van der Waals surface area contributed by atoms with Crippen LogP contribution in [0.3, 0.4) is 0 Å². The quantitative estimate of drug-likeness (QED) is 0.303. The molecule has 0 saturated heterocycles. The molecule has 0 aromatic heterocycles. The number of rotatable bonds is 8. The van der Waals surface area contributed by atoms with Gasteiger partial charge >= 0.3 is 0 Å². The number of carbonyl (C=O) groups is 1. The maximum Gasteiger partial charge on any atom is 0.255 e. The van der Waals surface area contributed by atoms with Gasteiger partial charge in [-0.25, -0.2) is 0 Å². The molecule has 0 aliphatic rings. The third-order valence-corrected chi connectivity index (χ3v) is 5.33. The summed E-state index contributed by atoms with van der Waals surface area (Å²) in [5, 5.41) is 3.50. The molecule has 0 heterocycles. The molecule has 0 radical (unpaired) electrons. The number of anilines is 1. The standard InChI is InChI=1S/C28H24ClNO3/c1-2-32-27-17-10-22(28(31)30-25-13-11-24(29)12-14-25)18-23(27)19-33-26-15-8-21(9-16-26)20-6-4-3-5-7-20/h3-18H,2,19H2,1H3,(H,30,31). The van der Waals surface area contributed by atoms with Gasteiger partial charge in [-0.05, 0) is 72.6 Å². The average molecular weight is 458 g/mol. The average Bonchev–Trinajstić information content (AvgIpc) is 2.86. The van der Waals surface area contributed by atoms with Crippen molar-refractivity contribution in [2.75, 3.05) is 11.9 Å². The zero-order valence-corrected chi connectivity index (χ0v) is 19.0. The number of hydrogen-bond donors (Lipinski definition) is 1. The predicted molar refractivity (Wildman–Crippen MR) is 133 cm³/mol. The molecule has 0 unspecified atom stereocenters. The van der Waals surface area contributed by atoms with Gasteiger partial charge in [0.15, 0.2) is 0 Å². The van der Waals surface area contributed by atoms with Crippen LogP contribution in [0.4, 0.5) is 5.69 Å². The first kappa shape index (κ1) is 22.4. The van der Waals surface area contributed by atoms with Crippen LogP contribution in [0.5, 0.6) is 11.5 Å². The van der Waals surface area contributed by atoms with E-state index < -0.39 is 0 Å². The van der Waals surface area contributed by atoms with Crippen LogP contribution in [0, 0.1) is 0 Å². The number of amides is 1. The largest absolute Gasteiger partial charge is 0.493 e. The van der Waals surface area contributed by atoms with Gasteiger partial charge in [0.2, 0.25) is 0 Å². The van der Waals surface area contributed by atoms with Crippen molar-refractivity contribution in [3.8, 4) is 22.6 Å². The van der Waals surface area contributed by atoms with Crippen LogP contribution in [0.1, 0.15) is 22.8 Å². The van der Waals surface area contributed by atoms with Crippen molar-refractivity contribution in [3.05, 3.63) is 113 Å². The summed E-state index contributed by atoms with van der Waals surface area (Å²) in [6, 6.07) is 30.5.